The van der Waals surface area contributed by atoms with E-state index in [1.54, 1.807) is 6.92 Å². The van der Waals surface area contributed by atoms with Gasteiger partial charge in [0, 0.05) is 5.92 Å². The summed E-state index contributed by atoms with van der Waals surface area (Å²) >= 11 is 0. The van der Waals surface area contributed by atoms with Crippen LogP contribution >= 0.6 is 0 Å². The lowest BCUT2D eigenvalue weighted by Gasteiger charge is -2.11. The van der Waals surface area contributed by atoms with Crippen LogP contribution in [0.2, 0.25) is 0 Å². The summed E-state index contributed by atoms with van der Waals surface area (Å²) in [5, 5.41) is 0. The fourth-order valence-corrected chi connectivity index (χ4v) is 1.55. The van der Waals surface area contributed by atoms with Gasteiger partial charge >= 0.3 is 5.97 Å². The minimum absolute atomic E-state index is 0.0944. The zero-order valence-electron chi connectivity index (χ0n) is 10.0. The van der Waals surface area contributed by atoms with Gasteiger partial charge in [0.2, 0.25) is 0 Å². The second-order valence-corrected chi connectivity index (χ2v) is 3.94. The molecule has 3 nitrogen and oxygen atoms in total. The molecule has 0 aromatic heterocycles. The number of carbonyl (C=O) groups excluding carboxylic acids is 2. The Morgan fingerprint density at radius 1 is 1.20 bits per heavy atom. The molecule has 88 valence electrons. The van der Waals surface area contributed by atoms with Crippen molar-refractivity contribution < 1.29 is 14.3 Å². The molecule has 0 aliphatic heterocycles. The lowest BCUT2D eigenvalue weighted by Crippen LogP contribution is -2.16. The van der Waals surface area contributed by atoms with Crippen LogP contribution < -0.4 is 0 Å². The molecular weight excluding hydrogens is 192 g/mol. The monoisotopic (exact) mass is 214 g/mol. The maximum absolute atomic E-state index is 11.3. The van der Waals surface area contributed by atoms with E-state index in [0.717, 1.165) is 19.3 Å². The third kappa shape index (κ3) is 7.11. The van der Waals surface area contributed by atoms with E-state index < -0.39 is 0 Å². The molecule has 0 radical (unpaired) electrons. The van der Waals surface area contributed by atoms with E-state index in [-0.39, 0.29) is 24.1 Å². The normalized spacial score (nSPS) is 12.2. The fourth-order valence-electron chi connectivity index (χ4n) is 1.55. The van der Waals surface area contributed by atoms with Crippen molar-refractivity contribution in [3.05, 3.63) is 0 Å². The smallest absolute Gasteiger partial charge is 0.306 e. The number of hydrogen-bond acceptors (Lipinski definition) is 3. The van der Waals surface area contributed by atoms with E-state index >= 15 is 0 Å². The summed E-state index contributed by atoms with van der Waals surface area (Å²) in [7, 11) is 1.36. The first-order valence-electron chi connectivity index (χ1n) is 5.69. The Labute approximate surface area is 92.2 Å². The van der Waals surface area contributed by atoms with E-state index in [4.69, 9.17) is 0 Å². The van der Waals surface area contributed by atoms with Gasteiger partial charge in [-0.25, -0.2) is 0 Å². The zero-order chi connectivity index (χ0) is 11.7. The maximum Gasteiger partial charge on any atom is 0.306 e. The van der Waals surface area contributed by atoms with Crippen LogP contribution in [0, 0.1) is 5.92 Å². The Hall–Kier alpha value is -0.860. The predicted octanol–water partition coefficient (Wildman–Crippen LogP) is 2.73. The van der Waals surface area contributed by atoms with E-state index in [1.807, 2.05) is 0 Å². The van der Waals surface area contributed by atoms with E-state index in [9.17, 15) is 9.59 Å². The van der Waals surface area contributed by atoms with Gasteiger partial charge in [-0.1, -0.05) is 32.6 Å². The van der Waals surface area contributed by atoms with Crippen LogP contribution in [0.15, 0.2) is 0 Å². The van der Waals surface area contributed by atoms with Crippen molar-refractivity contribution >= 4 is 11.8 Å². The van der Waals surface area contributed by atoms with Gasteiger partial charge in [-0.3, -0.25) is 9.59 Å². The lowest BCUT2D eigenvalue weighted by atomic mass is 9.94. The average molecular weight is 214 g/mol. The highest BCUT2D eigenvalue weighted by Gasteiger charge is 2.18. The fraction of sp³-hybridized carbons (Fsp3) is 0.833. The second-order valence-electron chi connectivity index (χ2n) is 3.94. The van der Waals surface area contributed by atoms with Gasteiger partial charge in [0.05, 0.1) is 13.5 Å². The number of methoxy groups -OCH3 is 1. The molecule has 0 bridgehead atoms. The molecule has 0 aliphatic carbocycles. The number of carbonyl (C=O) groups is 2. The molecule has 0 saturated heterocycles. The molecule has 0 aliphatic rings. The van der Waals surface area contributed by atoms with Crippen LogP contribution in [0.1, 0.15) is 52.4 Å². The summed E-state index contributed by atoms with van der Waals surface area (Å²) in [5.74, 6) is -0.336. The molecule has 0 rings (SSSR count). The first-order chi connectivity index (χ1) is 7.11. The second kappa shape index (κ2) is 8.45. The summed E-state index contributed by atoms with van der Waals surface area (Å²) in [5.41, 5.74) is 0. The Bertz CT molecular complexity index is 199. The van der Waals surface area contributed by atoms with Crippen LogP contribution in [0.5, 0.6) is 0 Å². The SMILES string of the molecule is CCCCCCC(CC(=O)OC)C(C)=O. The highest BCUT2D eigenvalue weighted by Crippen LogP contribution is 2.16. The third-order valence-corrected chi connectivity index (χ3v) is 2.62. The van der Waals surface area contributed by atoms with Crippen molar-refractivity contribution in [2.75, 3.05) is 7.11 Å². The lowest BCUT2D eigenvalue weighted by molar-refractivity contribution is -0.143. The molecular formula is C12H22O3. The average Bonchev–Trinajstić information content (AvgIpc) is 2.21. The third-order valence-electron chi connectivity index (χ3n) is 2.62. The molecule has 15 heavy (non-hydrogen) atoms. The number of hydrogen-bond donors (Lipinski definition) is 0. The molecule has 0 amide bonds. The van der Waals surface area contributed by atoms with Crippen molar-refractivity contribution in [3.63, 3.8) is 0 Å². The Balaban J connectivity index is 3.84. The largest absolute Gasteiger partial charge is 0.469 e. The molecule has 1 unspecified atom stereocenters. The van der Waals surface area contributed by atoms with Gasteiger partial charge in [0.15, 0.2) is 0 Å². The molecule has 0 aromatic carbocycles. The van der Waals surface area contributed by atoms with Gasteiger partial charge < -0.3 is 4.74 Å². The van der Waals surface area contributed by atoms with Crippen molar-refractivity contribution in [3.8, 4) is 0 Å². The minimum Gasteiger partial charge on any atom is -0.469 e. The van der Waals surface area contributed by atoms with Crippen molar-refractivity contribution in [1.29, 1.82) is 0 Å². The van der Waals surface area contributed by atoms with Crippen LogP contribution in [0.25, 0.3) is 0 Å². The molecule has 0 spiro atoms. The van der Waals surface area contributed by atoms with Gasteiger partial charge in [-0.15, -0.1) is 0 Å². The first-order valence-corrected chi connectivity index (χ1v) is 5.69. The van der Waals surface area contributed by atoms with Gasteiger partial charge in [0.1, 0.15) is 5.78 Å². The maximum atomic E-state index is 11.3. The van der Waals surface area contributed by atoms with E-state index in [1.165, 1.54) is 20.0 Å². The topological polar surface area (TPSA) is 43.4 Å². The molecule has 0 N–H and O–H groups in total. The van der Waals surface area contributed by atoms with Crippen molar-refractivity contribution in [1.82, 2.24) is 0 Å². The number of rotatable bonds is 8. The summed E-state index contributed by atoms with van der Waals surface area (Å²) < 4.78 is 4.57. The van der Waals surface area contributed by atoms with E-state index in [2.05, 4.69) is 11.7 Å². The Morgan fingerprint density at radius 2 is 1.87 bits per heavy atom. The van der Waals surface area contributed by atoms with Crippen LogP contribution in [-0.4, -0.2) is 18.9 Å². The number of ether oxygens (including phenoxy) is 1. The summed E-state index contributed by atoms with van der Waals surface area (Å²) in [6, 6.07) is 0. The van der Waals surface area contributed by atoms with Crippen molar-refractivity contribution in [2.24, 2.45) is 5.92 Å². The number of esters is 1. The van der Waals surface area contributed by atoms with Crippen LogP contribution in [-0.2, 0) is 14.3 Å². The summed E-state index contributed by atoms with van der Waals surface area (Å²) in [6.07, 6.45) is 5.59. The number of ketones is 1. The molecule has 0 fully saturated rings. The van der Waals surface area contributed by atoms with E-state index in [0.29, 0.717) is 0 Å². The Kier molecular flexibility index (Phi) is 7.96. The highest BCUT2D eigenvalue weighted by molar-refractivity contribution is 5.83. The standard InChI is InChI=1S/C12H22O3/c1-4-5-6-7-8-11(10(2)13)9-12(14)15-3/h11H,4-9H2,1-3H3. The van der Waals surface area contributed by atoms with Crippen LogP contribution in [0.4, 0.5) is 0 Å². The first kappa shape index (κ1) is 14.1. The number of unbranched alkanes of at least 4 members (excludes halogenated alkanes) is 3. The van der Waals surface area contributed by atoms with Gasteiger partial charge in [0.25, 0.3) is 0 Å². The van der Waals surface area contributed by atoms with Crippen LogP contribution in [0.3, 0.4) is 0 Å². The molecule has 1 atom stereocenters. The summed E-state index contributed by atoms with van der Waals surface area (Å²) in [6.45, 7) is 3.70. The van der Waals surface area contributed by atoms with Gasteiger partial charge in [-0.2, -0.15) is 0 Å². The molecule has 0 heterocycles. The van der Waals surface area contributed by atoms with Gasteiger partial charge in [-0.05, 0) is 13.3 Å². The molecule has 0 saturated carbocycles. The highest BCUT2D eigenvalue weighted by atomic mass is 16.5. The number of Topliss-reactive ketones (excluding diaryl/α,β-unsaturated/α-hetero) is 1. The van der Waals surface area contributed by atoms with Crippen molar-refractivity contribution in [2.45, 2.75) is 52.4 Å². The quantitative estimate of drug-likeness (QED) is 0.461. The summed E-state index contributed by atoms with van der Waals surface area (Å²) in [4.78, 5) is 22.3. The minimum atomic E-state index is -0.286. The predicted molar refractivity (Wildman–Crippen MR) is 59.6 cm³/mol. The molecule has 3 heteroatoms. The molecule has 0 aromatic rings. The Morgan fingerprint density at radius 3 is 2.33 bits per heavy atom. The zero-order valence-corrected chi connectivity index (χ0v) is 10.0.